The summed E-state index contributed by atoms with van der Waals surface area (Å²) in [6, 6.07) is 19.7. The van der Waals surface area contributed by atoms with Crippen LogP contribution in [0.3, 0.4) is 0 Å². The average molecular weight is 404 g/mol. The van der Waals surface area contributed by atoms with Crippen molar-refractivity contribution in [2.75, 3.05) is 0 Å². The van der Waals surface area contributed by atoms with E-state index in [0.717, 1.165) is 18.2 Å². The van der Waals surface area contributed by atoms with Gasteiger partial charge in [-0.3, -0.25) is 0 Å². The molecule has 0 atom stereocenters. The van der Waals surface area contributed by atoms with E-state index >= 15 is 4.39 Å². The summed E-state index contributed by atoms with van der Waals surface area (Å²) < 4.78 is 43.1. The van der Waals surface area contributed by atoms with Crippen LogP contribution in [0.1, 0.15) is 31.7 Å². The van der Waals surface area contributed by atoms with Gasteiger partial charge < -0.3 is 0 Å². The first kappa shape index (κ1) is 20.2. The summed E-state index contributed by atoms with van der Waals surface area (Å²) in [5.74, 6) is -1.19. The molecule has 0 saturated carbocycles. The van der Waals surface area contributed by atoms with Crippen LogP contribution in [0.5, 0.6) is 0 Å². The van der Waals surface area contributed by atoms with Crippen LogP contribution in [-0.4, -0.2) is 0 Å². The van der Waals surface area contributed by atoms with Gasteiger partial charge in [-0.15, -0.1) is 0 Å². The molecule has 0 aliphatic rings. The number of rotatable bonds is 6. The van der Waals surface area contributed by atoms with Crippen molar-refractivity contribution in [3.8, 4) is 22.3 Å². The Morgan fingerprint density at radius 1 is 0.667 bits per heavy atom. The maximum atomic E-state index is 15.2. The van der Waals surface area contributed by atoms with Gasteiger partial charge in [-0.2, -0.15) is 0 Å². The maximum absolute atomic E-state index is 15.2. The highest BCUT2D eigenvalue weighted by atomic mass is 19.1. The lowest BCUT2D eigenvalue weighted by molar-refractivity contribution is 0.625. The highest BCUT2D eigenvalue weighted by Crippen LogP contribution is 2.33. The molecule has 4 aromatic rings. The molecule has 0 aliphatic carbocycles. The zero-order chi connectivity index (χ0) is 21.1. The van der Waals surface area contributed by atoms with Crippen molar-refractivity contribution in [2.24, 2.45) is 0 Å². The minimum Gasteiger partial charge on any atom is -0.207 e. The lowest BCUT2D eigenvalue weighted by atomic mass is 9.96. The quantitative estimate of drug-likeness (QED) is 0.283. The van der Waals surface area contributed by atoms with E-state index in [1.165, 1.54) is 48.7 Å². The summed E-state index contributed by atoms with van der Waals surface area (Å²) in [5, 5.41) is 1.39. The zero-order valence-electron chi connectivity index (χ0n) is 16.9. The van der Waals surface area contributed by atoms with Gasteiger partial charge in [-0.25, -0.2) is 13.2 Å². The van der Waals surface area contributed by atoms with Crippen molar-refractivity contribution >= 4 is 10.8 Å². The van der Waals surface area contributed by atoms with Crippen molar-refractivity contribution in [3.05, 3.63) is 95.8 Å². The van der Waals surface area contributed by atoms with E-state index in [2.05, 4.69) is 6.92 Å². The third kappa shape index (κ3) is 4.11. The second-order valence-electron chi connectivity index (χ2n) is 7.64. The van der Waals surface area contributed by atoms with Gasteiger partial charge in [-0.1, -0.05) is 74.4 Å². The van der Waals surface area contributed by atoms with Crippen LogP contribution in [0.15, 0.2) is 72.8 Å². The number of unbranched alkanes of at least 4 members (excludes halogenated alkanes) is 2. The molecule has 0 radical (unpaired) electrons. The Morgan fingerprint density at radius 3 is 2.13 bits per heavy atom. The topological polar surface area (TPSA) is 0 Å². The van der Waals surface area contributed by atoms with Gasteiger partial charge in [0.15, 0.2) is 0 Å². The van der Waals surface area contributed by atoms with Crippen LogP contribution in [0.2, 0.25) is 0 Å². The number of hydrogen-bond donors (Lipinski definition) is 0. The van der Waals surface area contributed by atoms with Gasteiger partial charge in [0, 0.05) is 16.5 Å². The molecule has 0 unspecified atom stereocenters. The molecular formula is C27H23F3. The second-order valence-corrected chi connectivity index (χ2v) is 7.64. The van der Waals surface area contributed by atoms with E-state index in [9.17, 15) is 8.78 Å². The minimum absolute atomic E-state index is 0.346. The Morgan fingerprint density at radius 2 is 1.40 bits per heavy atom. The maximum Gasteiger partial charge on any atom is 0.138 e. The molecule has 30 heavy (non-hydrogen) atoms. The summed E-state index contributed by atoms with van der Waals surface area (Å²) in [7, 11) is 0. The number of halogens is 3. The highest BCUT2D eigenvalue weighted by molar-refractivity contribution is 5.89. The predicted molar refractivity (Wildman–Crippen MR) is 118 cm³/mol. The Bertz CT molecular complexity index is 1180. The smallest absolute Gasteiger partial charge is 0.138 e. The molecule has 0 bridgehead atoms. The van der Waals surface area contributed by atoms with Gasteiger partial charge in [0.25, 0.3) is 0 Å². The van der Waals surface area contributed by atoms with Crippen LogP contribution in [-0.2, 0) is 6.42 Å². The fraction of sp³-hybridized carbons (Fsp3) is 0.185. The van der Waals surface area contributed by atoms with Crippen LogP contribution in [0.25, 0.3) is 33.0 Å². The van der Waals surface area contributed by atoms with Gasteiger partial charge >= 0.3 is 0 Å². The monoisotopic (exact) mass is 404 g/mol. The second kappa shape index (κ2) is 8.74. The largest absolute Gasteiger partial charge is 0.207 e. The first-order valence-corrected chi connectivity index (χ1v) is 10.3. The van der Waals surface area contributed by atoms with Crippen LogP contribution in [0.4, 0.5) is 13.2 Å². The third-order valence-corrected chi connectivity index (χ3v) is 5.52. The summed E-state index contributed by atoms with van der Waals surface area (Å²) in [5.41, 5.74) is 2.99. The number of hydrogen-bond acceptors (Lipinski definition) is 0. The molecule has 0 nitrogen and oxygen atoms in total. The van der Waals surface area contributed by atoms with Crippen LogP contribution >= 0.6 is 0 Å². The molecule has 0 heterocycles. The molecule has 0 fully saturated rings. The van der Waals surface area contributed by atoms with Gasteiger partial charge in [0.05, 0.1) is 0 Å². The molecule has 0 aromatic heterocycles. The van der Waals surface area contributed by atoms with Gasteiger partial charge in [0.2, 0.25) is 0 Å². The fourth-order valence-electron chi connectivity index (χ4n) is 3.85. The highest BCUT2D eigenvalue weighted by Gasteiger charge is 2.13. The van der Waals surface area contributed by atoms with E-state index < -0.39 is 5.82 Å². The molecule has 0 N–H and O–H groups in total. The molecule has 0 amide bonds. The van der Waals surface area contributed by atoms with Crippen molar-refractivity contribution in [3.63, 3.8) is 0 Å². The molecule has 3 heteroatoms. The summed E-state index contributed by atoms with van der Waals surface area (Å²) in [6.07, 6.45) is 4.47. The van der Waals surface area contributed by atoms with Crippen molar-refractivity contribution < 1.29 is 13.2 Å². The van der Waals surface area contributed by atoms with E-state index in [4.69, 9.17) is 0 Å². The Labute approximate surface area is 175 Å². The van der Waals surface area contributed by atoms with Crippen molar-refractivity contribution in [1.82, 2.24) is 0 Å². The van der Waals surface area contributed by atoms with Crippen molar-refractivity contribution in [2.45, 2.75) is 32.6 Å². The first-order chi connectivity index (χ1) is 14.6. The van der Waals surface area contributed by atoms with Crippen molar-refractivity contribution in [1.29, 1.82) is 0 Å². The van der Waals surface area contributed by atoms with E-state index in [1.54, 1.807) is 18.2 Å². The van der Waals surface area contributed by atoms with Crippen LogP contribution in [0, 0.1) is 17.5 Å². The molecule has 4 rings (SSSR count). The van der Waals surface area contributed by atoms with Crippen LogP contribution < -0.4 is 0 Å². The average Bonchev–Trinajstić information content (AvgIpc) is 2.75. The minimum atomic E-state index is -0.468. The lowest BCUT2D eigenvalue weighted by Gasteiger charge is -2.11. The Kier molecular flexibility index (Phi) is 5.89. The molecule has 0 aliphatic heterocycles. The summed E-state index contributed by atoms with van der Waals surface area (Å²) in [6.45, 7) is 2.17. The normalized spacial score (nSPS) is 11.2. The Hall–Kier alpha value is -3.07. The number of benzene rings is 4. The lowest BCUT2D eigenvalue weighted by Crippen LogP contribution is -1.92. The molecule has 0 spiro atoms. The third-order valence-electron chi connectivity index (χ3n) is 5.52. The van der Waals surface area contributed by atoms with E-state index in [0.29, 0.717) is 27.6 Å². The Balaban J connectivity index is 1.67. The summed E-state index contributed by atoms with van der Waals surface area (Å²) in [4.78, 5) is 0. The zero-order valence-corrected chi connectivity index (χ0v) is 16.9. The standard InChI is InChI=1S/C27H23F3/c1-2-3-4-5-18-6-13-24-20(16-18)10-15-25(27(24)30)21-9-14-23(26(29)17-21)19-7-11-22(28)12-8-19/h6-17H,2-5H2,1H3. The predicted octanol–water partition coefficient (Wildman–Crippen LogP) is 8.32. The first-order valence-electron chi connectivity index (χ1n) is 10.3. The number of aryl methyl sites for hydroxylation is 1. The molecule has 4 aromatic carbocycles. The fourth-order valence-corrected chi connectivity index (χ4v) is 3.85. The molecular weight excluding hydrogens is 381 g/mol. The SMILES string of the molecule is CCCCCc1ccc2c(F)c(-c3ccc(-c4ccc(F)cc4)c(F)c3)ccc2c1. The van der Waals surface area contributed by atoms with Gasteiger partial charge in [0.1, 0.15) is 17.5 Å². The van der Waals surface area contributed by atoms with E-state index in [1.807, 2.05) is 24.3 Å². The summed E-state index contributed by atoms with van der Waals surface area (Å²) >= 11 is 0. The molecule has 0 saturated heterocycles. The van der Waals surface area contributed by atoms with Gasteiger partial charge in [-0.05, 0) is 53.1 Å². The molecule has 152 valence electrons. The number of fused-ring (bicyclic) bond motifs is 1. The van der Waals surface area contributed by atoms with E-state index in [-0.39, 0.29) is 11.6 Å².